The lowest BCUT2D eigenvalue weighted by molar-refractivity contribution is -0.127. The molecule has 7 nitrogen and oxygen atoms in total. The van der Waals surface area contributed by atoms with Gasteiger partial charge in [0, 0.05) is 50.5 Å². The van der Waals surface area contributed by atoms with E-state index in [0.29, 0.717) is 37.3 Å². The number of likely N-dealkylation sites (N-methyl/N-ethyl adjacent to an activating group) is 1. The molecule has 2 aliphatic rings. The third kappa shape index (κ3) is 4.94. The number of anilines is 1. The number of carbonyl (C=O) groups is 1. The number of pyridine rings is 1. The highest BCUT2D eigenvalue weighted by Gasteiger charge is 2.32. The van der Waals surface area contributed by atoms with Crippen LogP contribution in [0.4, 0.5) is 14.5 Å². The molecule has 2 aromatic heterocycles. The number of aromatic amines is 1. The summed E-state index contributed by atoms with van der Waals surface area (Å²) in [4.78, 5) is 23.4. The van der Waals surface area contributed by atoms with Crippen LogP contribution >= 0.6 is 0 Å². The summed E-state index contributed by atoms with van der Waals surface area (Å²) in [5.74, 6) is -0.448. The number of fused-ring (bicyclic) bond motifs is 1. The molecule has 2 fully saturated rings. The van der Waals surface area contributed by atoms with E-state index in [0.717, 1.165) is 24.6 Å². The first-order valence-corrected chi connectivity index (χ1v) is 11.2. The minimum absolute atomic E-state index is 0.157. The van der Waals surface area contributed by atoms with Gasteiger partial charge >= 0.3 is 0 Å². The zero-order valence-corrected chi connectivity index (χ0v) is 18.6. The van der Waals surface area contributed by atoms with E-state index in [2.05, 4.69) is 15.3 Å². The molecular formula is C23H31F2N5O2. The van der Waals surface area contributed by atoms with Crippen molar-refractivity contribution in [2.24, 2.45) is 0 Å². The summed E-state index contributed by atoms with van der Waals surface area (Å²) < 4.78 is 35.3. The van der Waals surface area contributed by atoms with Gasteiger partial charge in [-0.3, -0.25) is 4.79 Å². The molecule has 2 saturated heterocycles. The second-order valence-electron chi connectivity index (χ2n) is 8.84. The quantitative estimate of drug-likeness (QED) is 0.666. The highest BCUT2D eigenvalue weighted by molar-refractivity contribution is 5.93. The van der Waals surface area contributed by atoms with E-state index in [4.69, 9.17) is 4.74 Å². The van der Waals surface area contributed by atoms with Crippen LogP contribution in [-0.4, -0.2) is 84.8 Å². The van der Waals surface area contributed by atoms with Crippen LogP contribution in [0.1, 0.15) is 30.7 Å². The Morgan fingerprint density at radius 1 is 1.38 bits per heavy atom. The molecule has 2 atom stereocenters. The third-order valence-corrected chi connectivity index (χ3v) is 6.25. The number of hydrogen-bond donors (Lipinski definition) is 2. The molecule has 0 unspecified atom stereocenters. The number of rotatable bonds is 6. The van der Waals surface area contributed by atoms with Crippen LogP contribution in [0.25, 0.3) is 11.0 Å². The first-order chi connectivity index (χ1) is 15.4. The lowest BCUT2D eigenvalue weighted by Gasteiger charge is -2.35. The van der Waals surface area contributed by atoms with E-state index >= 15 is 0 Å². The van der Waals surface area contributed by atoms with Crippen LogP contribution in [0, 0.1) is 5.82 Å². The molecule has 4 rings (SSSR count). The van der Waals surface area contributed by atoms with E-state index in [9.17, 15) is 13.6 Å². The molecule has 0 bridgehead atoms. The Labute approximate surface area is 186 Å². The summed E-state index contributed by atoms with van der Waals surface area (Å²) in [6.07, 6.45) is 7.06. The number of amides is 1. The van der Waals surface area contributed by atoms with Crippen molar-refractivity contribution in [3.05, 3.63) is 35.9 Å². The topological polar surface area (TPSA) is 73.5 Å². The maximum Gasteiger partial charge on any atom is 0.246 e. The standard InChI is InChI=1S/C23H31F2N5O2/c1-29(2)8-3-4-20(31)30-9-5-17(24)19(14-30)28-22-18(25)13-27-23-21(22)16(12-26-23)15-6-10-32-11-7-15/h3-4,12-13,15,17,19H,5-11,14H2,1-2H3,(H2,26,27,28)/b4-3+/t17-,19-/m0/s1. The highest BCUT2D eigenvalue weighted by Crippen LogP contribution is 2.37. The summed E-state index contributed by atoms with van der Waals surface area (Å²) in [7, 11) is 3.84. The molecule has 1 amide bonds. The van der Waals surface area contributed by atoms with Gasteiger partial charge in [-0.25, -0.2) is 13.8 Å². The average Bonchev–Trinajstić information content (AvgIpc) is 3.21. The third-order valence-electron chi connectivity index (χ3n) is 6.25. The van der Waals surface area contributed by atoms with E-state index in [1.54, 1.807) is 11.0 Å². The minimum atomic E-state index is -1.18. The number of halogens is 2. The second kappa shape index (κ2) is 9.95. The van der Waals surface area contributed by atoms with Gasteiger partial charge in [0.15, 0.2) is 5.82 Å². The maximum atomic E-state index is 14.9. The fourth-order valence-electron chi connectivity index (χ4n) is 4.48. The number of ether oxygens (including phenoxy) is 1. The smallest absolute Gasteiger partial charge is 0.246 e. The van der Waals surface area contributed by atoms with Crippen LogP contribution in [0.5, 0.6) is 0 Å². The number of H-pyrrole nitrogens is 1. The highest BCUT2D eigenvalue weighted by atomic mass is 19.1. The lowest BCUT2D eigenvalue weighted by Crippen LogP contribution is -2.50. The van der Waals surface area contributed by atoms with E-state index in [1.807, 2.05) is 25.2 Å². The van der Waals surface area contributed by atoms with Gasteiger partial charge in [0.1, 0.15) is 11.8 Å². The van der Waals surface area contributed by atoms with Gasteiger partial charge in [0.2, 0.25) is 5.91 Å². The molecule has 0 aromatic carbocycles. The zero-order chi connectivity index (χ0) is 22.7. The van der Waals surface area contributed by atoms with Gasteiger partial charge in [-0.1, -0.05) is 6.08 Å². The number of hydrogen-bond acceptors (Lipinski definition) is 5. The number of nitrogens with zero attached hydrogens (tertiary/aromatic N) is 3. The molecule has 2 N–H and O–H groups in total. The van der Waals surface area contributed by atoms with E-state index in [-0.39, 0.29) is 30.5 Å². The largest absolute Gasteiger partial charge is 0.381 e. The summed E-state index contributed by atoms with van der Waals surface area (Å²) >= 11 is 0. The monoisotopic (exact) mass is 447 g/mol. The first kappa shape index (κ1) is 22.7. The molecule has 2 aromatic rings. The van der Waals surface area contributed by atoms with Crippen molar-refractivity contribution in [1.29, 1.82) is 0 Å². The number of nitrogens with one attached hydrogen (secondary N) is 2. The van der Waals surface area contributed by atoms with Crippen molar-refractivity contribution in [2.75, 3.05) is 52.3 Å². The Balaban J connectivity index is 1.56. The number of carbonyl (C=O) groups excluding carboxylic acids is 1. The Kier molecular flexibility index (Phi) is 7.05. The van der Waals surface area contributed by atoms with Crippen molar-refractivity contribution in [3.8, 4) is 0 Å². The zero-order valence-electron chi connectivity index (χ0n) is 18.6. The van der Waals surface area contributed by atoms with Crippen molar-refractivity contribution >= 4 is 22.6 Å². The fraction of sp³-hybridized carbons (Fsp3) is 0.565. The number of likely N-dealkylation sites (tertiary alicyclic amines) is 1. The molecule has 0 radical (unpaired) electrons. The molecule has 174 valence electrons. The van der Waals surface area contributed by atoms with Gasteiger partial charge in [0.05, 0.1) is 17.9 Å². The van der Waals surface area contributed by atoms with Crippen LogP contribution < -0.4 is 5.32 Å². The number of piperidine rings is 1. The molecule has 4 heterocycles. The Morgan fingerprint density at radius 3 is 2.91 bits per heavy atom. The average molecular weight is 448 g/mol. The van der Waals surface area contributed by atoms with Crippen LogP contribution in [0.3, 0.4) is 0 Å². The van der Waals surface area contributed by atoms with Gasteiger partial charge in [-0.05, 0) is 44.8 Å². The predicted molar refractivity (Wildman–Crippen MR) is 120 cm³/mol. The normalized spacial score (nSPS) is 22.8. The Bertz CT molecular complexity index is 971. The Morgan fingerprint density at radius 2 is 2.16 bits per heavy atom. The summed E-state index contributed by atoms with van der Waals surface area (Å²) in [6.45, 7) is 2.49. The molecule has 0 saturated carbocycles. The van der Waals surface area contributed by atoms with Gasteiger partial charge in [0.25, 0.3) is 0 Å². The maximum absolute atomic E-state index is 14.9. The van der Waals surface area contributed by atoms with Gasteiger partial charge in [-0.15, -0.1) is 0 Å². The van der Waals surface area contributed by atoms with Crippen molar-refractivity contribution in [3.63, 3.8) is 0 Å². The van der Waals surface area contributed by atoms with E-state index < -0.39 is 18.0 Å². The first-order valence-electron chi connectivity index (χ1n) is 11.2. The van der Waals surface area contributed by atoms with Crippen molar-refractivity contribution in [2.45, 2.75) is 37.4 Å². The molecule has 9 heteroatoms. The van der Waals surface area contributed by atoms with Crippen molar-refractivity contribution in [1.82, 2.24) is 19.8 Å². The van der Waals surface area contributed by atoms with Gasteiger partial charge < -0.3 is 24.8 Å². The molecule has 2 aliphatic heterocycles. The second-order valence-corrected chi connectivity index (χ2v) is 8.84. The fourth-order valence-corrected chi connectivity index (χ4v) is 4.48. The minimum Gasteiger partial charge on any atom is -0.381 e. The Hall–Kier alpha value is -2.52. The molecule has 32 heavy (non-hydrogen) atoms. The van der Waals surface area contributed by atoms with Gasteiger partial charge in [-0.2, -0.15) is 0 Å². The van der Waals surface area contributed by atoms with E-state index in [1.165, 1.54) is 6.08 Å². The van der Waals surface area contributed by atoms with Crippen LogP contribution in [0.2, 0.25) is 0 Å². The van der Waals surface area contributed by atoms with Crippen LogP contribution in [0.15, 0.2) is 24.5 Å². The molecular weight excluding hydrogens is 416 g/mol. The molecule has 0 spiro atoms. The summed E-state index contributed by atoms with van der Waals surface area (Å²) in [5, 5.41) is 3.76. The lowest BCUT2D eigenvalue weighted by atomic mass is 9.91. The van der Waals surface area contributed by atoms with Crippen LogP contribution in [-0.2, 0) is 9.53 Å². The number of aromatic nitrogens is 2. The van der Waals surface area contributed by atoms with Crippen molar-refractivity contribution < 1.29 is 18.3 Å². The summed E-state index contributed by atoms with van der Waals surface area (Å²) in [6, 6.07) is -0.701. The SMILES string of the molecule is CN(C)C/C=C/C(=O)N1CC[C@H](F)[C@@H](Nc2c(F)cnc3[nH]cc(C4CCOCC4)c23)C1. The number of alkyl halides is 1. The molecule has 0 aliphatic carbocycles. The summed E-state index contributed by atoms with van der Waals surface area (Å²) in [5.41, 5.74) is 1.80. The predicted octanol–water partition coefficient (Wildman–Crippen LogP) is 3.06.